The van der Waals surface area contributed by atoms with E-state index in [9.17, 15) is 0 Å². The zero-order valence-electron chi connectivity index (χ0n) is 8.71. The smallest absolute Gasteiger partial charge is 0.127 e. The van der Waals surface area contributed by atoms with Crippen molar-refractivity contribution < 1.29 is 0 Å². The Hall–Kier alpha value is -0.830. The number of nitrogens with zero attached hydrogens (tertiary/aromatic N) is 1. The van der Waals surface area contributed by atoms with Gasteiger partial charge in [0.05, 0.1) is 5.54 Å². The number of hydrogen-bond acceptors (Lipinski definition) is 1. The molecule has 1 aromatic rings. The zero-order valence-corrected chi connectivity index (χ0v) is 10.3. The van der Waals surface area contributed by atoms with Gasteiger partial charge in [0.15, 0.2) is 0 Å². The Bertz CT molecular complexity index is 351. The molecule has 3 heteroatoms. The minimum Gasteiger partial charge on any atom is -0.383 e. The van der Waals surface area contributed by atoms with Crippen LogP contribution in [0.25, 0.3) is 0 Å². The van der Waals surface area contributed by atoms with Gasteiger partial charge in [0.1, 0.15) is 5.84 Å². The number of amidine groups is 1. The van der Waals surface area contributed by atoms with Gasteiger partial charge in [-0.1, -0.05) is 34.1 Å². The van der Waals surface area contributed by atoms with E-state index in [0.717, 1.165) is 10.0 Å². The van der Waals surface area contributed by atoms with Crippen molar-refractivity contribution in [2.24, 2.45) is 10.7 Å². The van der Waals surface area contributed by atoms with Crippen molar-refractivity contribution in [3.8, 4) is 0 Å². The lowest BCUT2D eigenvalue weighted by molar-refractivity contribution is 0.583. The van der Waals surface area contributed by atoms with Crippen LogP contribution in [0.1, 0.15) is 26.3 Å². The molecule has 0 aliphatic rings. The topological polar surface area (TPSA) is 38.4 Å². The van der Waals surface area contributed by atoms with E-state index < -0.39 is 0 Å². The third-order valence-electron chi connectivity index (χ3n) is 1.61. The summed E-state index contributed by atoms with van der Waals surface area (Å²) in [5.74, 6) is 0.574. The molecule has 0 atom stereocenters. The zero-order chi connectivity index (χ0) is 10.8. The molecule has 0 fully saturated rings. The summed E-state index contributed by atoms with van der Waals surface area (Å²) in [6, 6.07) is 7.82. The van der Waals surface area contributed by atoms with E-state index in [1.807, 2.05) is 45.0 Å². The van der Waals surface area contributed by atoms with Gasteiger partial charge in [0.2, 0.25) is 0 Å². The van der Waals surface area contributed by atoms with Crippen molar-refractivity contribution in [1.82, 2.24) is 0 Å². The summed E-state index contributed by atoms with van der Waals surface area (Å²) in [6.07, 6.45) is 0. The highest BCUT2D eigenvalue weighted by atomic mass is 79.9. The van der Waals surface area contributed by atoms with E-state index in [-0.39, 0.29) is 5.54 Å². The van der Waals surface area contributed by atoms with Gasteiger partial charge in [-0.15, -0.1) is 0 Å². The average molecular weight is 255 g/mol. The van der Waals surface area contributed by atoms with Crippen LogP contribution in [0.5, 0.6) is 0 Å². The molecule has 0 radical (unpaired) electrons. The predicted molar refractivity (Wildman–Crippen MR) is 64.6 cm³/mol. The van der Waals surface area contributed by atoms with Crippen LogP contribution in [0.15, 0.2) is 33.7 Å². The van der Waals surface area contributed by atoms with Crippen LogP contribution in [-0.4, -0.2) is 11.4 Å². The molecular formula is C11H15BrN2. The molecule has 0 saturated carbocycles. The molecule has 2 N–H and O–H groups in total. The minimum atomic E-state index is -0.140. The molecule has 0 aromatic heterocycles. The highest BCUT2D eigenvalue weighted by molar-refractivity contribution is 9.10. The van der Waals surface area contributed by atoms with Gasteiger partial charge in [0, 0.05) is 10.0 Å². The van der Waals surface area contributed by atoms with E-state index in [4.69, 9.17) is 5.73 Å². The highest BCUT2D eigenvalue weighted by Gasteiger charge is 2.10. The summed E-state index contributed by atoms with van der Waals surface area (Å²) in [5, 5.41) is 0. The van der Waals surface area contributed by atoms with Gasteiger partial charge in [-0.2, -0.15) is 0 Å². The van der Waals surface area contributed by atoms with Crippen molar-refractivity contribution in [2.75, 3.05) is 0 Å². The molecule has 0 unspecified atom stereocenters. The Balaban J connectivity index is 3.07. The first-order chi connectivity index (χ1) is 6.40. The normalized spacial score (nSPS) is 13.0. The molecule has 0 aliphatic carbocycles. The third kappa shape index (κ3) is 3.14. The maximum Gasteiger partial charge on any atom is 0.127 e. The second-order valence-electron chi connectivity index (χ2n) is 4.15. The minimum absolute atomic E-state index is 0.140. The third-order valence-corrected chi connectivity index (χ3v) is 2.30. The number of aliphatic imine (C=N–C) groups is 1. The number of halogens is 1. The molecular weight excluding hydrogens is 240 g/mol. The summed E-state index contributed by atoms with van der Waals surface area (Å²) >= 11 is 3.44. The van der Waals surface area contributed by atoms with E-state index in [1.165, 1.54) is 0 Å². The standard InChI is InChI=1S/C11H15BrN2/c1-11(2,3)14-10(13)8-6-4-5-7-9(8)12/h4-7H,1-3H3,(H2,13,14). The fourth-order valence-corrected chi connectivity index (χ4v) is 1.58. The lowest BCUT2D eigenvalue weighted by atomic mass is 10.1. The molecule has 0 spiro atoms. The molecule has 14 heavy (non-hydrogen) atoms. The van der Waals surface area contributed by atoms with Crippen LogP contribution in [0.3, 0.4) is 0 Å². The summed E-state index contributed by atoms with van der Waals surface area (Å²) in [5.41, 5.74) is 6.71. The molecule has 1 aromatic carbocycles. The first-order valence-corrected chi connectivity index (χ1v) is 5.30. The highest BCUT2D eigenvalue weighted by Crippen LogP contribution is 2.17. The van der Waals surface area contributed by atoms with Crippen LogP contribution in [0.4, 0.5) is 0 Å². The SMILES string of the molecule is CC(C)(C)N=C(N)c1ccccc1Br. The van der Waals surface area contributed by atoms with Gasteiger partial charge >= 0.3 is 0 Å². The maximum atomic E-state index is 5.90. The van der Waals surface area contributed by atoms with E-state index in [2.05, 4.69) is 20.9 Å². The number of nitrogens with two attached hydrogens (primary N) is 1. The quantitative estimate of drug-likeness (QED) is 0.608. The Labute approximate surface area is 93.4 Å². The van der Waals surface area contributed by atoms with Crippen LogP contribution in [0.2, 0.25) is 0 Å². The Kier molecular flexibility index (Phi) is 3.32. The van der Waals surface area contributed by atoms with Crippen molar-refractivity contribution in [3.63, 3.8) is 0 Å². The lowest BCUT2D eigenvalue weighted by Gasteiger charge is -2.14. The summed E-state index contributed by atoms with van der Waals surface area (Å²) in [4.78, 5) is 4.40. The van der Waals surface area contributed by atoms with Crippen molar-refractivity contribution in [2.45, 2.75) is 26.3 Å². The van der Waals surface area contributed by atoms with Gasteiger partial charge in [-0.25, -0.2) is 0 Å². The maximum absolute atomic E-state index is 5.90. The number of benzene rings is 1. The molecule has 2 nitrogen and oxygen atoms in total. The van der Waals surface area contributed by atoms with Crippen molar-refractivity contribution in [3.05, 3.63) is 34.3 Å². The monoisotopic (exact) mass is 254 g/mol. The fourth-order valence-electron chi connectivity index (χ4n) is 1.09. The molecule has 76 valence electrons. The number of rotatable bonds is 1. The molecule has 1 rings (SSSR count). The second-order valence-corrected chi connectivity index (χ2v) is 5.00. The Morgan fingerprint density at radius 3 is 2.36 bits per heavy atom. The van der Waals surface area contributed by atoms with Gasteiger partial charge in [-0.3, -0.25) is 4.99 Å². The lowest BCUT2D eigenvalue weighted by Crippen LogP contribution is -2.21. The predicted octanol–water partition coefficient (Wildman–Crippen LogP) is 2.95. The fraction of sp³-hybridized carbons (Fsp3) is 0.364. The summed E-state index contributed by atoms with van der Waals surface area (Å²) < 4.78 is 0.977. The number of hydrogen-bond donors (Lipinski definition) is 1. The molecule has 0 heterocycles. The van der Waals surface area contributed by atoms with Crippen LogP contribution in [0, 0.1) is 0 Å². The molecule has 0 amide bonds. The van der Waals surface area contributed by atoms with Crippen LogP contribution in [-0.2, 0) is 0 Å². The average Bonchev–Trinajstić information content (AvgIpc) is 2.01. The summed E-state index contributed by atoms with van der Waals surface area (Å²) in [7, 11) is 0. The van der Waals surface area contributed by atoms with Crippen molar-refractivity contribution >= 4 is 21.8 Å². The van der Waals surface area contributed by atoms with Crippen molar-refractivity contribution in [1.29, 1.82) is 0 Å². The Morgan fingerprint density at radius 1 is 1.29 bits per heavy atom. The summed E-state index contributed by atoms with van der Waals surface area (Å²) in [6.45, 7) is 6.07. The molecule has 0 aliphatic heterocycles. The largest absolute Gasteiger partial charge is 0.383 e. The van der Waals surface area contributed by atoms with E-state index in [1.54, 1.807) is 0 Å². The van der Waals surface area contributed by atoms with Gasteiger partial charge in [0.25, 0.3) is 0 Å². The molecule has 0 saturated heterocycles. The Morgan fingerprint density at radius 2 is 1.86 bits per heavy atom. The van der Waals surface area contributed by atoms with E-state index >= 15 is 0 Å². The van der Waals surface area contributed by atoms with Crippen LogP contribution >= 0.6 is 15.9 Å². The first kappa shape index (κ1) is 11.2. The molecule has 0 bridgehead atoms. The van der Waals surface area contributed by atoms with E-state index in [0.29, 0.717) is 5.84 Å². The van der Waals surface area contributed by atoms with Gasteiger partial charge in [-0.05, 0) is 26.8 Å². The van der Waals surface area contributed by atoms with Gasteiger partial charge < -0.3 is 5.73 Å². The van der Waals surface area contributed by atoms with Crippen LogP contribution < -0.4 is 5.73 Å². The first-order valence-electron chi connectivity index (χ1n) is 4.50. The second kappa shape index (κ2) is 4.13.